The molecule has 0 saturated heterocycles. The van der Waals surface area contributed by atoms with E-state index in [9.17, 15) is 5.11 Å². The van der Waals surface area contributed by atoms with Gasteiger partial charge < -0.3 is 5.11 Å². The van der Waals surface area contributed by atoms with Gasteiger partial charge in [0.25, 0.3) is 0 Å². The van der Waals surface area contributed by atoms with Crippen LogP contribution in [0.15, 0.2) is 18.7 Å². The zero-order chi connectivity index (χ0) is 8.60. The van der Waals surface area contributed by atoms with Gasteiger partial charge in [-0.05, 0) is 18.3 Å². The molecule has 0 amide bonds. The largest absolute Gasteiger partial charge is 0.388 e. The van der Waals surface area contributed by atoms with Crippen LogP contribution in [-0.2, 0) is 0 Å². The van der Waals surface area contributed by atoms with E-state index in [1.54, 1.807) is 12.4 Å². The molecule has 1 N–H and O–H groups in total. The van der Waals surface area contributed by atoms with Crippen LogP contribution in [-0.4, -0.2) is 15.1 Å². The van der Waals surface area contributed by atoms with Crippen LogP contribution in [0.25, 0.3) is 0 Å². The van der Waals surface area contributed by atoms with E-state index in [1.807, 2.05) is 0 Å². The third-order valence-corrected chi connectivity index (χ3v) is 2.60. The summed E-state index contributed by atoms with van der Waals surface area (Å²) in [5.41, 5.74) is 0.919. The van der Waals surface area contributed by atoms with Gasteiger partial charge in [0.15, 0.2) is 0 Å². The van der Waals surface area contributed by atoms with E-state index >= 15 is 0 Å². The lowest BCUT2D eigenvalue weighted by molar-refractivity contribution is 0.103. The van der Waals surface area contributed by atoms with E-state index in [1.165, 1.54) is 6.33 Å². The predicted octanol–water partition coefficient (Wildman–Crippen LogP) is 1.31. The number of aliphatic hydroxyl groups excluding tert-OH is 1. The van der Waals surface area contributed by atoms with Gasteiger partial charge in [-0.2, -0.15) is 0 Å². The molecule has 1 fully saturated rings. The first-order chi connectivity index (χ1) is 5.72. The molecule has 0 aliphatic heterocycles. The lowest BCUT2D eigenvalue weighted by Gasteiger charge is -2.16. The fourth-order valence-corrected chi connectivity index (χ4v) is 1.32. The van der Waals surface area contributed by atoms with Gasteiger partial charge in [-0.3, -0.25) is 0 Å². The van der Waals surface area contributed by atoms with Gasteiger partial charge in [0.05, 0.1) is 6.10 Å². The van der Waals surface area contributed by atoms with E-state index in [-0.39, 0.29) is 5.41 Å². The average molecular weight is 164 g/mol. The normalized spacial score (nSPS) is 21.8. The van der Waals surface area contributed by atoms with Crippen molar-refractivity contribution in [3.8, 4) is 0 Å². The summed E-state index contributed by atoms with van der Waals surface area (Å²) < 4.78 is 0. The van der Waals surface area contributed by atoms with Gasteiger partial charge >= 0.3 is 0 Å². The van der Waals surface area contributed by atoms with Crippen LogP contribution in [0.1, 0.15) is 31.4 Å². The van der Waals surface area contributed by atoms with Crippen molar-refractivity contribution < 1.29 is 5.11 Å². The number of aliphatic hydroxyl groups is 1. The molecule has 1 heterocycles. The highest BCUT2D eigenvalue weighted by atomic mass is 16.3. The lowest BCUT2D eigenvalue weighted by atomic mass is 9.97. The van der Waals surface area contributed by atoms with Crippen molar-refractivity contribution in [1.29, 1.82) is 0 Å². The first-order valence-electron chi connectivity index (χ1n) is 4.15. The highest BCUT2D eigenvalue weighted by Crippen LogP contribution is 2.54. The Balaban J connectivity index is 2.20. The minimum atomic E-state index is -0.390. The first kappa shape index (κ1) is 7.68. The Kier molecular flexibility index (Phi) is 1.61. The summed E-state index contributed by atoms with van der Waals surface area (Å²) >= 11 is 0. The third kappa shape index (κ3) is 1.20. The van der Waals surface area contributed by atoms with Crippen LogP contribution in [0.3, 0.4) is 0 Å². The summed E-state index contributed by atoms with van der Waals surface area (Å²) in [5.74, 6) is 0. The summed E-state index contributed by atoms with van der Waals surface area (Å²) in [5, 5.41) is 9.84. The van der Waals surface area contributed by atoms with Gasteiger partial charge in [0.1, 0.15) is 6.33 Å². The molecule has 1 aliphatic carbocycles. The van der Waals surface area contributed by atoms with Crippen molar-refractivity contribution in [2.24, 2.45) is 5.41 Å². The second-order valence-electron chi connectivity index (χ2n) is 3.73. The van der Waals surface area contributed by atoms with Crippen LogP contribution in [0, 0.1) is 5.41 Å². The molecule has 1 aromatic heterocycles. The molecule has 3 heteroatoms. The van der Waals surface area contributed by atoms with Crippen molar-refractivity contribution in [2.75, 3.05) is 0 Å². The Morgan fingerprint density at radius 3 is 2.50 bits per heavy atom. The summed E-state index contributed by atoms with van der Waals surface area (Å²) in [6.45, 7) is 2.09. The molecule has 1 atom stereocenters. The quantitative estimate of drug-likeness (QED) is 0.716. The van der Waals surface area contributed by atoms with E-state index < -0.39 is 6.10 Å². The fourth-order valence-electron chi connectivity index (χ4n) is 1.32. The summed E-state index contributed by atoms with van der Waals surface area (Å²) in [7, 11) is 0. The molecular weight excluding hydrogens is 152 g/mol. The second-order valence-corrected chi connectivity index (χ2v) is 3.73. The van der Waals surface area contributed by atoms with Gasteiger partial charge in [-0.1, -0.05) is 6.92 Å². The molecule has 3 nitrogen and oxygen atoms in total. The monoisotopic (exact) mass is 164 g/mol. The molecule has 0 spiro atoms. The minimum absolute atomic E-state index is 0.0880. The Morgan fingerprint density at radius 1 is 1.42 bits per heavy atom. The van der Waals surface area contributed by atoms with Crippen LogP contribution < -0.4 is 0 Å². The lowest BCUT2D eigenvalue weighted by Crippen LogP contribution is -2.09. The maximum absolute atomic E-state index is 9.84. The zero-order valence-electron chi connectivity index (χ0n) is 7.07. The van der Waals surface area contributed by atoms with E-state index in [4.69, 9.17) is 0 Å². The molecule has 1 unspecified atom stereocenters. The van der Waals surface area contributed by atoms with Crippen LogP contribution >= 0.6 is 0 Å². The van der Waals surface area contributed by atoms with E-state index in [2.05, 4.69) is 16.9 Å². The molecule has 0 radical (unpaired) electrons. The third-order valence-electron chi connectivity index (χ3n) is 2.60. The second kappa shape index (κ2) is 2.52. The average Bonchev–Trinajstić information content (AvgIpc) is 2.85. The molecule has 1 aliphatic rings. The maximum Gasteiger partial charge on any atom is 0.115 e. The predicted molar refractivity (Wildman–Crippen MR) is 44.3 cm³/mol. The summed E-state index contributed by atoms with van der Waals surface area (Å²) in [4.78, 5) is 7.75. The van der Waals surface area contributed by atoms with Crippen molar-refractivity contribution >= 4 is 0 Å². The van der Waals surface area contributed by atoms with Crippen molar-refractivity contribution in [1.82, 2.24) is 9.97 Å². The number of hydrogen-bond acceptors (Lipinski definition) is 3. The zero-order valence-corrected chi connectivity index (χ0v) is 7.07. The smallest absolute Gasteiger partial charge is 0.115 e. The van der Waals surface area contributed by atoms with E-state index in [0.29, 0.717) is 0 Å². The van der Waals surface area contributed by atoms with Crippen LogP contribution in [0.5, 0.6) is 0 Å². The van der Waals surface area contributed by atoms with Gasteiger partial charge in [0, 0.05) is 18.0 Å². The van der Waals surface area contributed by atoms with Crippen molar-refractivity contribution in [2.45, 2.75) is 25.9 Å². The van der Waals surface area contributed by atoms with E-state index in [0.717, 1.165) is 18.4 Å². The Labute approximate surface area is 71.5 Å². The Hall–Kier alpha value is -0.960. The van der Waals surface area contributed by atoms with Gasteiger partial charge in [-0.25, -0.2) is 9.97 Å². The van der Waals surface area contributed by atoms with Crippen LogP contribution in [0.4, 0.5) is 0 Å². The Bertz CT molecular complexity index is 269. The number of aromatic nitrogens is 2. The van der Waals surface area contributed by atoms with Gasteiger partial charge in [0.2, 0.25) is 0 Å². The first-order valence-corrected chi connectivity index (χ1v) is 4.15. The SMILES string of the molecule is CC1(C(O)c2cncnc2)CC1. The molecule has 64 valence electrons. The van der Waals surface area contributed by atoms with Crippen molar-refractivity contribution in [3.05, 3.63) is 24.3 Å². The number of nitrogens with zero attached hydrogens (tertiary/aromatic N) is 2. The summed E-state index contributed by atoms with van der Waals surface area (Å²) in [6, 6.07) is 0. The molecule has 12 heavy (non-hydrogen) atoms. The highest BCUT2D eigenvalue weighted by molar-refractivity contribution is 5.14. The fraction of sp³-hybridized carbons (Fsp3) is 0.556. The summed E-state index contributed by atoms with van der Waals surface area (Å²) in [6.07, 6.45) is 6.65. The number of rotatable bonds is 2. The topological polar surface area (TPSA) is 46.0 Å². The molecule has 0 aromatic carbocycles. The van der Waals surface area contributed by atoms with Crippen molar-refractivity contribution in [3.63, 3.8) is 0 Å². The Morgan fingerprint density at radius 2 is 2.00 bits per heavy atom. The molecule has 1 saturated carbocycles. The standard InChI is InChI=1S/C9H12N2O/c1-9(2-3-9)8(12)7-4-10-6-11-5-7/h4-6,8,12H,2-3H2,1H3. The molecule has 0 bridgehead atoms. The molecule has 1 aromatic rings. The maximum atomic E-state index is 9.84. The molecule has 2 rings (SSSR count). The van der Waals surface area contributed by atoms with Gasteiger partial charge in [-0.15, -0.1) is 0 Å². The highest BCUT2D eigenvalue weighted by Gasteiger charge is 2.44. The minimum Gasteiger partial charge on any atom is -0.388 e. The molecular formula is C9H12N2O. The number of hydrogen-bond donors (Lipinski definition) is 1. The van der Waals surface area contributed by atoms with Crippen LogP contribution in [0.2, 0.25) is 0 Å².